The number of benzene rings is 2. The SMILES string of the molecule is CC(Nc1ncnc2c(F)cccc12)c1cccc([N+](=O)[O-])c1. The molecule has 1 unspecified atom stereocenters. The molecule has 116 valence electrons. The maximum atomic E-state index is 13.8. The fourth-order valence-corrected chi connectivity index (χ4v) is 2.36. The standard InChI is InChI=1S/C16H13FN4O2/c1-10(11-4-2-5-12(8-11)21(22)23)20-16-13-6-3-7-14(17)15(13)18-9-19-16/h2-10H,1H3,(H,18,19,20). The molecule has 0 amide bonds. The number of nitro benzene ring substituents is 1. The van der Waals surface area contributed by atoms with Crippen LogP contribution in [0.4, 0.5) is 15.9 Å². The van der Waals surface area contributed by atoms with Gasteiger partial charge in [0.15, 0.2) is 0 Å². The molecule has 3 aromatic rings. The Morgan fingerprint density at radius 3 is 2.78 bits per heavy atom. The number of nitro groups is 1. The summed E-state index contributed by atoms with van der Waals surface area (Å²) in [6, 6.07) is 10.8. The molecule has 1 heterocycles. The van der Waals surface area contributed by atoms with Crippen LogP contribution < -0.4 is 5.32 Å². The third kappa shape index (κ3) is 2.94. The Balaban J connectivity index is 1.94. The second-order valence-electron chi connectivity index (χ2n) is 5.08. The van der Waals surface area contributed by atoms with E-state index in [1.807, 2.05) is 6.92 Å². The van der Waals surface area contributed by atoms with E-state index in [-0.39, 0.29) is 17.2 Å². The molecular formula is C16H13FN4O2. The van der Waals surface area contributed by atoms with Gasteiger partial charge in [0.05, 0.1) is 11.0 Å². The molecule has 1 aromatic heterocycles. The summed E-state index contributed by atoms with van der Waals surface area (Å²) in [5.74, 6) is 0.0597. The van der Waals surface area contributed by atoms with Crippen LogP contribution in [-0.4, -0.2) is 14.9 Å². The van der Waals surface area contributed by atoms with Crippen LogP contribution in [-0.2, 0) is 0 Å². The van der Waals surface area contributed by atoms with Crippen molar-refractivity contribution in [1.29, 1.82) is 0 Å². The van der Waals surface area contributed by atoms with E-state index < -0.39 is 10.7 Å². The Morgan fingerprint density at radius 1 is 1.22 bits per heavy atom. The average molecular weight is 312 g/mol. The highest BCUT2D eigenvalue weighted by Crippen LogP contribution is 2.26. The highest BCUT2D eigenvalue weighted by molar-refractivity contribution is 5.89. The lowest BCUT2D eigenvalue weighted by Crippen LogP contribution is -2.09. The molecule has 7 heteroatoms. The van der Waals surface area contributed by atoms with Crippen LogP contribution >= 0.6 is 0 Å². The third-order valence-electron chi connectivity index (χ3n) is 3.55. The monoisotopic (exact) mass is 312 g/mol. The number of aromatic nitrogens is 2. The van der Waals surface area contributed by atoms with Gasteiger partial charge in [0.25, 0.3) is 5.69 Å². The normalized spacial score (nSPS) is 12.1. The Bertz CT molecular complexity index is 885. The van der Waals surface area contributed by atoms with Crippen LogP contribution in [0, 0.1) is 15.9 Å². The van der Waals surface area contributed by atoms with E-state index in [0.717, 1.165) is 5.56 Å². The molecule has 0 spiro atoms. The highest BCUT2D eigenvalue weighted by atomic mass is 19.1. The Kier molecular flexibility index (Phi) is 3.84. The van der Waals surface area contributed by atoms with Gasteiger partial charge in [0, 0.05) is 17.5 Å². The second-order valence-corrected chi connectivity index (χ2v) is 5.08. The highest BCUT2D eigenvalue weighted by Gasteiger charge is 2.13. The Morgan fingerprint density at radius 2 is 2.00 bits per heavy atom. The van der Waals surface area contributed by atoms with Gasteiger partial charge in [-0.15, -0.1) is 0 Å². The van der Waals surface area contributed by atoms with Gasteiger partial charge in [-0.05, 0) is 24.6 Å². The van der Waals surface area contributed by atoms with Crippen molar-refractivity contribution in [2.24, 2.45) is 0 Å². The summed E-state index contributed by atoms with van der Waals surface area (Å²) in [4.78, 5) is 18.5. The number of anilines is 1. The molecule has 0 aliphatic carbocycles. The van der Waals surface area contributed by atoms with E-state index in [4.69, 9.17) is 0 Å². The molecule has 0 aliphatic heterocycles. The second kappa shape index (κ2) is 5.96. The molecule has 2 aromatic carbocycles. The van der Waals surface area contributed by atoms with Crippen LogP contribution in [0.3, 0.4) is 0 Å². The van der Waals surface area contributed by atoms with Crippen molar-refractivity contribution in [3.63, 3.8) is 0 Å². The zero-order valence-corrected chi connectivity index (χ0v) is 12.2. The number of non-ortho nitro benzene ring substituents is 1. The van der Waals surface area contributed by atoms with Crippen LogP contribution in [0.25, 0.3) is 10.9 Å². The number of para-hydroxylation sites is 1. The molecule has 23 heavy (non-hydrogen) atoms. The molecule has 0 saturated carbocycles. The summed E-state index contributed by atoms with van der Waals surface area (Å²) in [7, 11) is 0. The van der Waals surface area contributed by atoms with Crippen molar-refractivity contribution in [3.8, 4) is 0 Å². The largest absolute Gasteiger partial charge is 0.363 e. The van der Waals surface area contributed by atoms with Crippen LogP contribution in [0.5, 0.6) is 0 Å². The van der Waals surface area contributed by atoms with Gasteiger partial charge < -0.3 is 5.32 Å². The molecule has 0 radical (unpaired) electrons. The number of hydrogen-bond acceptors (Lipinski definition) is 5. The third-order valence-corrected chi connectivity index (χ3v) is 3.55. The summed E-state index contributed by atoms with van der Waals surface area (Å²) in [6.45, 7) is 1.85. The summed E-state index contributed by atoms with van der Waals surface area (Å²) < 4.78 is 13.8. The van der Waals surface area contributed by atoms with Gasteiger partial charge in [0.2, 0.25) is 0 Å². The Hall–Kier alpha value is -3.09. The lowest BCUT2D eigenvalue weighted by molar-refractivity contribution is -0.384. The smallest absolute Gasteiger partial charge is 0.269 e. The van der Waals surface area contributed by atoms with Gasteiger partial charge in [-0.2, -0.15) is 0 Å². The minimum Gasteiger partial charge on any atom is -0.363 e. The summed E-state index contributed by atoms with van der Waals surface area (Å²) in [5.41, 5.74) is 0.994. The quantitative estimate of drug-likeness (QED) is 0.584. The first kappa shape index (κ1) is 14.8. The summed E-state index contributed by atoms with van der Waals surface area (Å²) in [6.07, 6.45) is 1.29. The van der Waals surface area contributed by atoms with Crippen LogP contribution in [0.1, 0.15) is 18.5 Å². The molecule has 1 N–H and O–H groups in total. The molecule has 0 fully saturated rings. The van der Waals surface area contributed by atoms with E-state index in [1.165, 1.54) is 24.5 Å². The number of rotatable bonds is 4. The Labute approximate surface area is 131 Å². The summed E-state index contributed by atoms with van der Waals surface area (Å²) >= 11 is 0. The van der Waals surface area contributed by atoms with E-state index >= 15 is 0 Å². The van der Waals surface area contributed by atoms with Crippen molar-refractivity contribution in [2.75, 3.05) is 5.32 Å². The summed E-state index contributed by atoms with van der Waals surface area (Å²) in [5, 5.41) is 14.6. The fourth-order valence-electron chi connectivity index (χ4n) is 2.36. The zero-order valence-electron chi connectivity index (χ0n) is 12.2. The molecule has 3 rings (SSSR count). The van der Waals surface area contributed by atoms with Gasteiger partial charge >= 0.3 is 0 Å². The first-order chi connectivity index (χ1) is 11.1. The van der Waals surface area contributed by atoms with E-state index in [1.54, 1.807) is 24.3 Å². The number of nitrogens with one attached hydrogen (secondary N) is 1. The molecule has 0 bridgehead atoms. The van der Waals surface area contributed by atoms with Crippen LogP contribution in [0.15, 0.2) is 48.8 Å². The number of fused-ring (bicyclic) bond motifs is 1. The number of halogens is 1. The van der Waals surface area contributed by atoms with Gasteiger partial charge in [-0.3, -0.25) is 10.1 Å². The molecule has 0 saturated heterocycles. The molecule has 6 nitrogen and oxygen atoms in total. The first-order valence-corrected chi connectivity index (χ1v) is 6.96. The minimum absolute atomic E-state index is 0.0229. The molecular weight excluding hydrogens is 299 g/mol. The lowest BCUT2D eigenvalue weighted by Gasteiger charge is -2.16. The van der Waals surface area contributed by atoms with Gasteiger partial charge in [0.1, 0.15) is 23.5 Å². The van der Waals surface area contributed by atoms with Crippen molar-refractivity contribution < 1.29 is 9.31 Å². The maximum Gasteiger partial charge on any atom is 0.269 e. The van der Waals surface area contributed by atoms with Crippen molar-refractivity contribution in [2.45, 2.75) is 13.0 Å². The van der Waals surface area contributed by atoms with E-state index in [2.05, 4.69) is 15.3 Å². The van der Waals surface area contributed by atoms with Crippen molar-refractivity contribution >= 4 is 22.4 Å². The predicted octanol–water partition coefficient (Wildman–Crippen LogP) is 3.85. The maximum absolute atomic E-state index is 13.8. The van der Waals surface area contributed by atoms with E-state index in [9.17, 15) is 14.5 Å². The topological polar surface area (TPSA) is 81.0 Å². The van der Waals surface area contributed by atoms with Gasteiger partial charge in [-0.1, -0.05) is 18.2 Å². The minimum atomic E-state index is -0.439. The van der Waals surface area contributed by atoms with E-state index in [0.29, 0.717) is 11.2 Å². The average Bonchev–Trinajstić information content (AvgIpc) is 2.56. The zero-order chi connectivity index (χ0) is 16.4. The predicted molar refractivity (Wildman–Crippen MR) is 84.6 cm³/mol. The molecule has 0 aliphatic rings. The van der Waals surface area contributed by atoms with Crippen LogP contribution in [0.2, 0.25) is 0 Å². The van der Waals surface area contributed by atoms with Crippen molar-refractivity contribution in [3.05, 3.63) is 70.3 Å². The number of nitrogens with zero attached hydrogens (tertiary/aromatic N) is 3. The fraction of sp³-hybridized carbons (Fsp3) is 0.125. The van der Waals surface area contributed by atoms with Crippen molar-refractivity contribution in [1.82, 2.24) is 9.97 Å². The van der Waals surface area contributed by atoms with Gasteiger partial charge in [-0.25, -0.2) is 14.4 Å². The number of hydrogen-bond donors (Lipinski definition) is 1. The lowest BCUT2D eigenvalue weighted by atomic mass is 10.1. The molecule has 1 atom stereocenters. The first-order valence-electron chi connectivity index (χ1n) is 6.96.